The monoisotopic (exact) mass is 198 g/mol. The second kappa shape index (κ2) is 10.8. The molecule has 0 bridgehead atoms. The smallest absolute Gasteiger partial charge is 0.0490 e. The van der Waals surface area contributed by atoms with Gasteiger partial charge < -0.3 is 4.74 Å². The van der Waals surface area contributed by atoms with Crippen molar-refractivity contribution in [1.29, 1.82) is 0 Å². The molecule has 84 valence electrons. The Hall–Kier alpha value is -0.300. The molecular formula is C13H26O. The lowest BCUT2D eigenvalue weighted by Gasteiger charge is -2.14. The minimum absolute atomic E-state index is 0.766. The minimum atomic E-state index is 0.766. The summed E-state index contributed by atoms with van der Waals surface area (Å²) >= 11 is 0. The van der Waals surface area contributed by atoms with Crippen molar-refractivity contribution in [3.05, 3.63) is 12.2 Å². The summed E-state index contributed by atoms with van der Waals surface area (Å²) < 4.78 is 5.24. The first-order valence-electron chi connectivity index (χ1n) is 5.95. The van der Waals surface area contributed by atoms with Crippen molar-refractivity contribution in [3.63, 3.8) is 0 Å². The molecule has 0 rings (SSSR count). The summed E-state index contributed by atoms with van der Waals surface area (Å²) in [4.78, 5) is 0. The molecule has 0 amide bonds. The minimum Gasteiger partial charge on any atom is -0.384 e. The van der Waals surface area contributed by atoms with Gasteiger partial charge in [0.15, 0.2) is 0 Å². The summed E-state index contributed by atoms with van der Waals surface area (Å²) in [5.41, 5.74) is 0. The molecule has 1 unspecified atom stereocenters. The number of allylic oxidation sites excluding steroid dienone is 2. The molecule has 0 N–H and O–H groups in total. The zero-order chi connectivity index (χ0) is 10.6. The molecule has 0 aromatic rings. The Labute approximate surface area is 89.5 Å². The third kappa shape index (κ3) is 8.31. The molecule has 0 aromatic heterocycles. The molecule has 0 saturated heterocycles. The van der Waals surface area contributed by atoms with Crippen LogP contribution >= 0.6 is 0 Å². The van der Waals surface area contributed by atoms with Crippen LogP contribution in [0.5, 0.6) is 0 Å². The van der Waals surface area contributed by atoms with Crippen LogP contribution in [0.2, 0.25) is 0 Å². The Balaban J connectivity index is 3.54. The van der Waals surface area contributed by atoms with Crippen LogP contribution in [0.15, 0.2) is 12.2 Å². The summed E-state index contributed by atoms with van der Waals surface area (Å²) in [6, 6.07) is 0. The van der Waals surface area contributed by atoms with Crippen LogP contribution in [0.1, 0.15) is 52.4 Å². The van der Waals surface area contributed by atoms with E-state index in [1.165, 1.54) is 38.5 Å². The molecule has 0 spiro atoms. The first kappa shape index (κ1) is 13.7. The second-order valence-corrected chi connectivity index (χ2v) is 3.96. The maximum atomic E-state index is 5.24. The summed E-state index contributed by atoms with van der Waals surface area (Å²) in [5, 5.41) is 0. The molecular weight excluding hydrogens is 172 g/mol. The highest BCUT2D eigenvalue weighted by atomic mass is 16.5. The van der Waals surface area contributed by atoms with Crippen LogP contribution in [0, 0.1) is 5.92 Å². The zero-order valence-electron chi connectivity index (χ0n) is 10.1. The lowest BCUT2D eigenvalue weighted by atomic mass is 9.97. The van der Waals surface area contributed by atoms with Crippen LogP contribution in [-0.2, 0) is 4.74 Å². The molecule has 1 nitrogen and oxygen atoms in total. The maximum absolute atomic E-state index is 5.24. The fourth-order valence-electron chi connectivity index (χ4n) is 1.73. The average Bonchev–Trinajstić information content (AvgIpc) is 2.18. The van der Waals surface area contributed by atoms with Gasteiger partial charge in [0.1, 0.15) is 0 Å². The van der Waals surface area contributed by atoms with E-state index in [0.717, 1.165) is 12.5 Å². The first-order chi connectivity index (χ1) is 6.85. The lowest BCUT2D eigenvalue weighted by molar-refractivity contribution is 0.142. The summed E-state index contributed by atoms with van der Waals surface area (Å²) in [5.74, 6) is 0.766. The summed E-state index contributed by atoms with van der Waals surface area (Å²) in [6.07, 6.45) is 12.2. The van der Waals surface area contributed by atoms with E-state index in [1.54, 1.807) is 0 Å². The molecule has 0 radical (unpaired) electrons. The maximum Gasteiger partial charge on any atom is 0.0490 e. The number of unbranched alkanes of at least 4 members (excludes halogenated alkanes) is 2. The molecule has 0 aliphatic carbocycles. The van der Waals surface area contributed by atoms with Crippen molar-refractivity contribution >= 4 is 0 Å². The van der Waals surface area contributed by atoms with Gasteiger partial charge in [-0.15, -0.1) is 0 Å². The molecule has 0 aromatic carbocycles. The Morgan fingerprint density at radius 3 is 2.57 bits per heavy atom. The van der Waals surface area contributed by atoms with Crippen LogP contribution in [-0.4, -0.2) is 13.7 Å². The molecule has 0 saturated carbocycles. The molecule has 0 aliphatic rings. The van der Waals surface area contributed by atoms with E-state index in [4.69, 9.17) is 4.74 Å². The third-order valence-corrected chi connectivity index (χ3v) is 2.60. The molecule has 14 heavy (non-hydrogen) atoms. The molecule has 0 fully saturated rings. The average molecular weight is 198 g/mol. The van der Waals surface area contributed by atoms with Crippen LogP contribution in [0.3, 0.4) is 0 Å². The van der Waals surface area contributed by atoms with Gasteiger partial charge in [0.2, 0.25) is 0 Å². The number of rotatable bonds is 9. The van der Waals surface area contributed by atoms with E-state index < -0.39 is 0 Å². The Morgan fingerprint density at radius 1 is 1.21 bits per heavy atom. The van der Waals surface area contributed by atoms with E-state index >= 15 is 0 Å². The number of hydrogen-bond acceptors (Lipinski definition) is 1. The van der Waals surface area contributed by atoms with Gasteiger partial charge in [-0.05, 0) is 32.1 Å². The van der Waals surface area contributed by atoms with Gasteiger partial charge in [0.25, 0.3) is 0 Å². The predicted octanol–water partition coefficient (Wildman–Crippen LogP) is 4.19. The second-order valence-electron chi connectivity index (χ2n) is 3.96. The van der Waals surface area contributed by atoms with Crippen molar-refractivity contribution in [1.82, 2.24) is 0 Å². The van der Waals surface area contributed by atoms with Gasteiger partial charge >= 0.3 is 0 Å². The Morgan fingerprint density at radius 2 is 2.00 bits per heavy atom. The normalized spacial score (nSPS) is 13.6. The van der Waals surface area contributed by atoms with Crippen molar-refractivity contribution in [3.8, 4) is 0 Å². The highest BCUT2D eigenvalue weighted by molar-refractivity contribution is 4.77. The fourth-order valence-corrected chi connectivity index (χ4v) is 1.73. The topological polar surface area (TPSA) is 9.23 Å². The Kier molecular flexibility index (Phi) is 10.5. The van der Waals surface area contributed by atoms with E-state index in [0.29, 0.717) is 0 Å². The van der Waals surface area contributed by atoms with Gasteiger partial charge in [-0.25, -0.2) is 0 Å². The van der Waals surface area contributed by atoms with E-state index in [2.05, 4.69) is 26.0 Å². The van der Waals surface area contributed by atoms with E-state index in [-0.39, 0.29) is 0 Å². The first-order valence-corrected chi connectivity index (χ1v) is 5.95. The van der Waals surface area contributed by atoms with Crippen molar-refractivity contribution < 1.29 is 4.74 Å². The largest absolute Gasteiger partial charge is 0.384 e. The van der Waals surface area contributed by atoms with Crippen LogP contribution < -0.4 is 0 Å². The quantitative estimate of drug-likeness (QED) is 0.399. The van der Waals surface area contributed by atoms with Crippen LogP contribution in [0.25, 0.3) is 0 Å². The summed E-state index contributed by atoms with van der Waals surface area (Å²) in [7, 11) is 1.81. The molecule has 1 atom stereocenters. The number of methoxy groups -OCH3 is 1. The Bertz CT molecular complexity index is 129. The highest BCUT2D eigenvalue weighted by Gasteiger charge is 2.06. The van der Waals surface area contributed by atoms with Gasteiger partial charge in [-0.2, -0.15) is 0 Å². The summed E-state index contributed by atoms with van der Waals surface area (Å²) in [6.45, 7) is 5.27. The lowest BCUT2D eigenvalue weighted by Crippen LogP contribution is -2.07. The van der Waals surface area contributed by atoms with Gasteiger partial charge in [0, 0.05) is 13.7 Å². The number of hydrogen-bond donors (Lipinski definition) is 0. The van der Waals surface area contributed by atoms with E-state index in [1.807, 2.05) is 7.11 Å². The SMILES string of the molecule is CC=CCCC(CCCCC)COC. The highest BCUT2D eigenvalue weighted by Crippen LogP contribution is 2.16. The third-order valence-electron chi connectivity index (χ3n) is 2.60. The van der Waals surface area contributed by atoms with Gasteiger partial charge in [-0.3, -0.25) is 0 Å². The van der Waals surface area contributed by atoms with Gasteiger partial charge in [-0.1, -0.05) is 38.3 Å². The molecule has 0 aliphatic heterocycles. The fraction of sp³-hybridized carbons (Fsp3) is 0.846. The molecule has 0 heterocycles. The van der Waals surface area contributed by atoms with Crippen molar-refractivity contribution in [2.24, 2.45) is 5.92 Å². The zero-order valence-corrected chi connectivity index (χ0v) is 10.1. The van der Waals surface area contributed by atoms with Crippen molar-refractivity contribution in [2.45, 2.75) is 52.4 Å². The predicted molar refractivity (Wildman–Crippen MR) is 63.6 cm³/mol. The van der Waals surface area contributed by atoms with Gasteiger partial charge in [0.05, 0.1) is 0 Å². The number of ether oxygens (including phenoxy) is 1. The van der Waals surface area contributed by atoms with Crippen molar-refractivity contribution in [2.75, 3.05) is 13.7 Å². The standard InChI is InChI=1S/C13H26O/c1-4-6-8-10-13(12-14-3)11-9-7-5-2/h4,6,13H,5,7-12H2,1-3H3. The van der Waals surface area contributed by atoms with E-state index in [9.17, 15) is 0 Å². The van der Waals surface area contributed by atoms with Crippen LogP contribution in [0.4, 0.5) is 0 Å². The molecule has 1 heteroatoms.